The van der Waals surface area contributed by atoms with Gasteiger partial charge in [-0.25, -0.2) is 0 Å². The van der Waals surface area contributed by atoms with Gasteiger partial charge in [0.2, 0.25) is 0 Å². The van der Waals surface area contributed by atoms with E-state index in [2.05, 4.69) is 15.9 Å². The predicted octanol–water partition coefficient (Wildman–Crippen LogP) is 0.463. The molecule has 41 valence electrons. The van der Waals surface area contributed by atoms with Crippen LogP contribution < -0.4 is 0 Å². The summed E-state index contributed by atoms with van der Waals surface area (Å²) >= 11 is 2.71. The minimum Gasteiger partial charge on any atom is -0.481 e. The number of hydrogen-bond acceptors (Lipinski definition) is 1. The first-order valence-electron chi connectivity index (χ1n) is 1.05. The molecule has 0 heterocycles. The van der Waals surface area contributed by atoms with Gasteiger partial charge in [0.05, 0.1) is 0 Å². The van der Waals surface area contributed by atoms with Crippen molar-refractivity contribution in [1.29, 1.82) is 0 Å². The van der Waals surface area contributed by atoms with Crippen LogP contribution in [-0.2, 0) is 27.2 Å². The molecular formula is C2H3AgBrO2. The molecule has 0 saturated carbocycles. The quantitative estimate of drug-likeness (QED) is 0.539. The van der Waals surface area contributed by atoms with Gasteiger partial charge >= 0.3 is 5.97 Å². The molecule has 0 aromatic rings. The average Bonchev–Trinajstić information content (AvgIpc) is 1.38. The van der Waals surface area contributed by atoms with Crippen molar-refractivity contribution in [3.05, 3.63) is 0 Å². The maximum atomic E-state index is 9.32. The number of halogens is 1. The SMILES string of the molecule is O=C(O)CBr.[Ag]. The molecule has 0 bridgehead atoms. The van der Waals surface area contributed by atoms with Crippen LogP contribution in [-0.4, -0.2) is 16.4 Å². The molecule has 0 amide bonds. The van der Waals surface area contributed by atoms with Gasteiger partial charge in [0, 0.05) is 22.4 Å². The first-order valence-corrected chi connectivity index (χ1v) is 2.17. The van der Waals surface area contributed by atoms with Crippen molar-refractivity contribution in [3.8, 4) is 0 Å². The molecule has 0 fully saturated rings. The Kier molecular flexibility index (Phi) is 9.34. The maximum Gasteiger partial charge on any atom is 0.314 e. The molecule has 0 aliphatic carbocycles. The summed E-state index contributed by atoms with van der Waals surface area (Å²) in [6.07, 6.45) is 0. The van der Waals surface area contributed by atoms with Crippen molar-refractivity contribution in [3.63, 3.8) is 0 Å². The number of hydrogen-bond donors (Lipinski definition) is 1. The van der Waals surface area contributed by atoms with Crippen LogP contribution in [0.2, 0.25) is 0 Å². The smallest absolute Gasteiger partial charge is 0.314 e. The van der Waals surface area contributed by atoms with Crippen LogP contribution in [0.4, 0.5) is 0 Å². The van der Waals surface area contributed by atoms with Crippen LogP contribution in [0.25, 0.3) is 0 Å². The Morgan fingerprint density at radius 2 is 2.00 bits per heavy atom. The first kappa shape index (κ1) is 9.85. The van der Waals surface area contributed by atoms with Crippen LogP contribution in [0.3, 0.4) is 0 Å². The van der Waals surface area contributed by atoms with E-state index in [1.165, 1.54) is 0 Å². The monoisotopic (exact) mass is 245 g/mol. The van der Waals surface area contributed by atoms with Crippen LogP contribution in [0, 0.1) is 0 Å². The molecule has 2 nitrogen and oxygen atoms in total. The van der Waals surface area contributed by atoms with Crippen LogP contribution in [0.1, 0.15) is 0 Å². The van der Waals surface area contributed by atoms with E-state index in [-0.39, 0.29) is 27.7 Å². The van der Waals surface area contributed by atoms with Gasteiger partial charge in [0.1, 0.15) is 5.33 Å². The van der Waals surface area contributed by atoms with Gasteiger partial charge in [-0.15, -0.1) is 0 Å². The second kappa shape index (κ2) is 5.69. The Morgan fingerprint density at radius 3 is 2.00 bits per heavy atom. The van der Waals surface area contributed by atoms with Gasteiger partial charge < -0.3 is 5.11 Å². The molecular weight excluding hydrogens is 244 g/mol. The number of carboxylic acids is 1. The molecule has 0 aliphatic rings. The minimum atomic E-state index is -0.829. The summed E-state index contributed by atoms with van der Waals surface area (Å²) in [6.45, 7) is 0. The van der Waals surface area contributed by atoms with Gasteiger partial charge in [-0.05, 0) is 0 Å². The van der Waals surface area contributed by atoms with Gasteiger partial charge in [-0.2, -0.15) is 0 Å². The molecule has 0 unspecified atom stereocenters. The fraction of sp³-hybridized carbons (Fsp3) is 0.500. The Hall–Kier alpha value is 0.690. The van der Waals surface area contributed by atoms with E-state index in [9.17, 15) is 4.79 Å². The zero-order valence-corrected chi connectivity index (χ0v) is 5.81. The van der Waals surface area contributed by atoms with Crippen molar-refractivity contribution in [1.82, 2.24) is 0 Å². The third-order valence-electron chi connectivity index (χ3n) is 0.114. The Balaban J connectivity index is 0. The topological polar surface area (TPSA) is 37.3 Å². The number of rotatable bonds is 1. The van der Waals surface area contributed by atoms with Gasteiger partial charge in [-0.1, -0.05) is 15.9 Å². The van der Waals surface area contributed by atoms with Crippen LogP contribution >= 0.6 is 15.9 Å². The number of aliphatic carboxylic acids is 1. The Bertz CT molecular complexity index is 46.8. The molecule has 0 aromatic carbocycles. The van der Waals surface area contributed by atoms with Crippen molar-refractivity contribution < 1.29 is 32.3 Å². The summed E-state index contributed by atoms with van der Waals surface area (Å²) in [7, 11) is 0. The van der Waals surface area contributed by atoms with E-state index in [1.807, 2.05) is 0 Å². The largest absolute Gasteiger partial charge is 0.481 e. The fourth-order valence-corrected chi connectivity index (χ4v) is 0. The molecule has 0 aliphatic heterocycles. The van der Waals surface area contributed by atoms with E-state index in [0.29, 0.717) is 0 Å². The van der Waals surface area contributed by atoms with Gasteiger partial charge in [-0.3, -0.25) is 4.79 Å². The Morgan fingerprint density at radius 1 is 1.83 bits per heavy atom. The fourth-order valence-electron chi connectivity index (χ4n) is 0. The number of carbonyl (C=O) groups is 1. The number of carboxylic acid groups (broad SMARTS) is 1. The average molecular weight is 247 g/mol. The molecule has 0 spiro atoms. The third-order valence-corrected chi connectivity index (χ3v) is 0.594. The summed E-state index contributed by atoms with van der Waals surface area (Å²) in [4.78, 5) is 9.32. The molecule has 0 atom stereocenters. The van der Waals surface area contributed by atoms with E-state index >= 15 is 0 Å². The summed E-state index contributed by atoms with van der Waals surface area (Å²) < 4.78 is 0. The molecule has 1 radical (unpaired) electrons. The summed E-state index contributed by atoms with van der Waals surface area (Å²) in [5.41, 5.74) is 0. The summed E-state index contributed by atoms with van der Waals surface area (Å²) in [5, 5.41) is 7.71. The zero-order valence-electron chi connectivity index (χ0n) is 2.74. The van der Waals surface area contributed by atoms with E-state index < -0.39 is 5.97 Å². The maximum absolute atomic E-state index is 9.32. The second-order valence-electron chi connectivity index (χ2n) is 0.527. The van der Waals surface area contributed by atoms with Gasteiger partial charge in [0.15, 0.2) is 0 Å². The summed E-state index contributed by atoms with van der Waals surface area (Å²) in [5.74, 6) is -0.829. The zero-order chi connectivity index (χ0) is 4.28. The Labute approximate surface area is 59.6 Å². The van der Waals surface area contributed by atoms with E-state index in [1.54, 1.807) is 0 Å². The second-order valence-corrected chi connectivity index (χ2v) is 1.09. The van der Waals surface area contributed by atoms with Crippen LogP contribution in [0.15, 0.2) is 0 Å². The molecule has 0 saturated heterocycles. The van der Waals surface area contributed by atoms with Crippen molar-refractivity contribution in [2.45, 2.75) is 0 Å². The molecule has 0 rings (SSSR count). The van der Waals surface area contributed by atoms with E-state index in [4.69, 9.17) is 5.11 Å². The molecule has 1 N–H and O–H groups in total. The molecule has 0 aromatic heterocycles. The third kappa shape index (κ3) is 8.83. The van der Waals surface area contributed by atoms with E-state index in [0.717, 1.165) is 0 Å². The minimum absolute atomic E-state index is 0. The molecule has 6 heavy (non-hydrogen) atoms. The first-order chi connectivity index (χ1) is 2.27. The predicted molar refractivity (Wildman–Crippen MR) is 21.4 cm³/mol. The number of alkyl halides is 1. The summed E-state index contributed by atoms with van der Waals surface area (Å²) in [6, 6.07) is 0. The van der Waals surface area contributed by atoms with Gasteiger partial charge in [0.25, 0.3) is 0 Å². The van der Waals surface area contributed by atoms with Crippen LogP contribution in [0.5, 0.6) is 0 Å². The molecule has 4 heteroatoms. The van der Waals surface area contributed by atoms with Crippen molar-refractivity contribution in [2.24, 2.45) is 0 Å². The van der Waals surface area contributed by atoms with Crippen molar-refractivity contribution in [2.75, 3.05) is 5.33 Å². The standard InChI is InChI=1S/C2H3BrO2.Ag/c3-1-2(4)5;/h1H2,(H,4,5);. The normalized spacial score (nSPS) is 6.17. The van der Waals surface area contributed by atoms with Crippen molar-refractivity contribution >= 4 is 21.9 Å².